The summed E-state index contributed by atoms with van der Waals surface area (Å²) < 4.78 is 12.2. The summed E-state index contributed by atoms with van der Waals surface area (Å²) in [7, 11) is 0. The van der Waals surface area contributed by atoms with E-state index in [9.17, 15) is 9.59 Å². The molecule has 1 fully saturated rings. The van der Waals surface area contributed by atoms with Crippen molar-refractivity contribution in [1.82, 2.24) is 25.2 Å². The molecule has 3 aliphatic heterocycles. The molecular weight excluding hydrogens is 548 g/mol. The second kappa shape index (κ2) is 11.7. The fourth-order valence-electron chi connectivity index (χ4n) is 5.79. The summed E-state index contributed by atoms with van der Waals surface area (Å²) in [5.74, 6) is 1.63. The number of rotatable bonds is 8. The van der Waals surface area contributed by atoms with Gasteiger partial charge in [0.2, 0.25) is 17.7 Å². The lowest BCUT2D eigenvalue weighted by atomic mass is 9.91. The van der Waals surface area contributed by atoms with Gasteiger partial charge in [0, 0.05) is 55.1 Å². The van der Waals surface area contributed by atoms with Gasteiger partial charge < -0.3 is 29.9 Å². The Morgan fingerprint density at radius 2 is 1.93 bits per heavy atom. The quantitative estimate of drug-likeness (QED) is 0.398. The standard InChI is InChI=1S/C31H38N8O4/c1-5-37(6-2)13-11-32-30(41)39-14-15-42-28-24(39)16-20(18-33-28)35-29-34-19-23-22-10-9-21(38-12-7-8-26(38)40)17-25(22)43-31(3,4)27(23)36-29/h9-10,16-19H,5-8,11-15H2,1-4H3,(H,32,41)(H,34,35,36). The molecule has 0 bridgehead atoms. The van der Waals surface area contributed by atoms with E-state index in [1.54, 1.807) is 17.3 Å². The minimum atomic E-state index is -0.739. The fourth-order valence-corrected chi connectivity index (χ4v) is 5.79. The van der Waals surface area contributed by atoms with Crippen molar-refractivity contribution in [2.45, 2.75) is 46.1 Å². The zero-order valence-electron chi connectivity index (χ0n) is 25.1. The third kappa shape index (κ3) is 5.66. The molecule has 0 atom stereocenters. The number of likely N-dealkylation sites (N-methyl/N-ethyl adjacent to an activating group) is 1. The number of aromatic nitrogens is 3. The minimum Gasteiger partial charge on any atom is -0.481 e. The Balaban J connectivity index is 1.22. The van der Waals surface area contributed by atoms with Crippen LogP contribution in [0, 0.1) is 0 Å². The van der Waals surface area contributed by atoms with E-state index >= 15 is 0 Å². The highest BCUT2D eigenvalue weighted by molar-refractivity contribution is 5.96. The Morgan fingerprint density at radius 1 is 1.09 bits per heavy atom. The monoisotopic (exact) mass is 586 g/mol. The van der Waals surface area contributed by atoms with Gasteiger partial charge >= 0.3 is 6.03 Å². The number of carbonyl (C=O) groups excluding carboxylic acids is 2. The maximum absolute atomic E-state index is 13.1. The zero-order valence-corrected chi connectivity index (χ0v) is 25.1. The highest BCUT2D eigenvalue weighted by Crippen LogP contribution is 2.46. The summed E-state index contributed by atoms with van der Waals surface area (Å²) >= 11 is 0. The fraction of sp³-hybridized carbons (Fsp3) is 0.452. The van der Waals surface area contributed by atoms with E-state index < -0.39 is 5.60 Å². The number of benzene rings is 1. The smallest absolute Gasteiger partial charge is 0.322 e. The van der Waals surface area contributed by atoms with Crippen LogP contribution in [0.1, 0.15) is 46.2 Å². The van der Waals surface area contributed by atoms with Crippen molar-refractivity contribution in [3.8, 4) is 22.8 Å². The van der Waals surface area contributed by atoms with Crippen LogP contribution in [0.4, 0.5) is 27.8 Å². The van der Waals surface area contributed by atoms with Crippen molar-refractivity contribution in [2.75, 3.05) is 61.0 Å². The average molecular weight is 587 g/mol. The van der Waals surface area contributed by atoms with Crippen LogP contribution in [0.25, 0.3) is 11.1 Å². The van der Waals surface area contributed by atoms with Crippen molar-refractivity contribution in [3.63, 3.8) is 0 Å². The number of amides is 3. The van der Waals surface area contributed by atoms with E-state index in [-0.39, 0.29) is 11.9 Å². The number of fused-ring (bicyclic) bond motifs is 4. The first-order valence-corrected chi connectivity index (χ1v) is 15.0. The van der Waals surface area contributed by atoms with Crippen LogP contribution in [-0.4, -0.2) is 77.7 Å². The van der Waals surface area contributed by atoms with Crippen LogP contribution in [0.15, 0.2) is 36.7 Å². The zero-order chi connectivity index (χ0) is 30.1. The Kier molecular flexibility index (Phi) is 7.78. The number of nitrogens with one attached hydrogen (secondary N) is 2. The lowest BCUT2D eigenvalue weighted by Gasteiger charge is -2.34. The molecule has 3 aliphatic rings. The van der Waals surface area contributed by atoms with Crippen molar-refractivity contribution < 1.29 is 19.1 Å². The topological polar surface area (TPSA) is 125 Å². The van der Waals surface area contributed by atoms with Crippen LogP contribution >= 0.6 is 0 Å². The molecule has 1 saturated heterocycles. The van der Waals surface area contributed by atoms with Gasteiger partial charge in [-0.3, -0.25) is 9.69 Å². The summed E-state index contributed by atoms with van der Waals surface area (Å²) in [5, 5.41) is 6.26. The predicted molar refractivity (Wildman–Crippen MR) is 164 cm³/mol. The third-order valence-electron chi connectivity index (χ3n) is 8.14. The minimum absolute atomic E-state index is 0.136. The number of nitrogens with zero attached hydrogens (tertiary/aromatic N) is 6. The first-order valence-electron chi connectivity index (χ1n) is 15.0. The predicted octanol–water partition coefficient (Wildman–Crippen LogP) is 4.29. The molecule has 3 amide bonds. The molecule has 5 heterocycles. The summed E-state index contributed by atoms with van der Waals surface area (Å²) in [4.78, 5) is 45.0. The summed E-state index contributed by atoms with van der Waals surface area (Å²) in [6, 6.07) is 7.49. The van der Waals surface area contributed by atoms with Gasteiger partial charge in [-0.05, 0) is 51.6 Å². The molecule has 0 aliphatic carbocycles. The Hall–Kier alpha value is -4.45. The SMILES string of the molecule is CCN(CC)CCNC(=O)N1CCOc2ncc(Nc3ncc4c(n3)C(C)(C)Oc3cc(N5CCCC5=O)ccc3-4)cc21. The van der Waals surface area contributed by atoms with Gasteiger partial charge in [0.1, 0.15) is 23.6 Å². The molecule has 43 heavy (non-hydrogen) atoms. The van der Waals surface area contributed by atoms with Crippen molar-refractivity contribution in [3.05, 3.63) is 42.4 Å². The van der Waals surface area contributed by atoms with Gasteiger partial charge in [-0.2, -0.15) is 0 Å². The highest BCUT2D eigenvalue weighted by Gasteiger charge is 2.36. The molecular formula is C31H38N8O4. The Bertz CT molecular complexity index is 1540. The highest BCUT2D eigenvalue weighted by atomic mass is 16.5. The van der Waals surface area contributed by atoms with E-state index in [2.05, 4.69) is 39.3 Å². The van der Waals surface area contributed by atoms with Crippen molar-refractivity contribution in [1.29, 1.82) is 0 Å². The number of hydrogen-bond acceptors (Lipinski definition) is 9. The average Bonchev–Trinajstić information content (AvgIpc) is 3.44. The molecule has 2 aromatic heterocycles. The van der Waals surface area contributed by atoms with Gasteiger partial charge in [0.05, 0.1) is 24.1 Å². The molecule has 12 nitrogen and oxygen atoms in total. The Labute approximate surface area is 251 Å². The molecule has 226 valence electrons. The molecule has 0 saturated carbocycles. The first kappa shape index (κ1) is 28.7. The number of carbonyl (C=O) groups is 2. The van der Waals surface area contributed by atoms with Gasteiger partial charge in [-0.15, -0.1) is 0 Å². The Morgan fingerprint density at radius 3 is 2.70 bits per heavy atom. The van der Waals surface area contributed by atoms with E-state index in [1.807, 2.05) is 43.0 Å². The van der Waals surface area contributed by atoms with Gasteiger partial charge in [-0.1, -0.05) is 13.8 Å². The van der Waals surface area contributed by atoms with Crippen molar-refractivity contribution in [2.24, 2.45) is 0 Å². The maximum atomic E-state index is 13.1. The maximum Gasteiger partial charge on any atom is 0.322 e. The molecule has 12 heteroatoms. The van der Waals surface area contributed by atoms with Gasteiger partial charge in [0.15, 0.2) is 0 Å². The van der Waals surface area contributed by atoms with E-state index in [4.69, 9.17) is 14.5 Å². The van der Waals surface area contributed by atoms with E-state index in [0.29, 0.717) is 55.1 Å². The molecule has 0 spiro atoms. The molecule has 3 aromatic rings. The van der Waals surface area contributed by atoms with Crippen LogP contribution in [0.3, 0.4) is 0 Å². The lowest BCUT2D eigenvalue weighted by molar-refractivity contribution is -0.117. The second-order valence-corrected chi connectivity index (χ2v) is 11.3. The van der Waals surface area contributed by atoms with E-state index in [1.165, 1.54) is 0 Å². The molecule has 0 radical (unpaired) electrons. The number of ether oxygens (including phenoxy) is 2. The summed E-state index contributed by atoms with van der Waals surface area (Å²) in [5.41, 5.74) is 3.81. The van der Waals surface area contributed by atoms with E-state index in [0.717, 1.165) is 55.1 Å². The lowest BCUT2D eigenvalue weighted by Crippen LogP contribution is -2.46. The van der Waals surface area contributed by atoms with Gasteiger partial charge in [0.25, 0.3) is 0 Å². The summed E-state index contributed by atoms with van der Waals surface area (Å²) in [6.07, 6.45) is 4.87. The molecule has 1 aromatic carbocycles. The largest absolute Gasteiger partial charge is 0.481 e. The molecule has 0 unspecified atom stereocenters. The molecule has 2 N–H and O–H groups in total. The van der Waals surface area contributed by atoms with Crippen LogP contribution in [-0.2, 0) is 10.4 Å². The normalized spacial score (nSPS) is 16.6. The van der Waals surface area contributed by atoms with Crippen LogP contribution in [0.5, 0.6) is 11.6 Å². The van der Waals surface area contributed by atoms with Crippen LogP contribution < -0.4 is 29.9 Å². The number of pyridine rings is 1. The number of hydrogen-bond donors (Lipinski definition) is 2. The summed E-state index contributed by atoms with van der Waals surface area (Å²) in [6.45, 7) is 12.9. The second-order valence-electron chi connectivity index (χ2n) is 11.3. The van der Waals surface area contributed by atoms with Gasteiger partial charge in [-0.25, -0.2) is 19.7 Å². The van der Waals surface area contributed by atoms with Crippen LogP contribution in [0.2, 0.25) is 0 Å². The van der Waals surface area contributed by atoms with Crippen molar-refractivity contribution >= 4 is 34.9 Å². The first-order chi connectivity index (χ1) is 20.8. The molecule has 6 rings (SSSR count). The third-order valence-corrected chi connectivity index (χ3v) is 8.14. The number of urea groups is 1. The number of anilines is 4.